The average molecular weight is 893 g/mol. The Hall–Kier alpha value is -2.22. The van der Waals surface area contributed by atoms with Crippen LogP contribution in [0, 0.1) is 0 Å². The first-order valence-electron chi connectivity index (χ1n) is 22.1. The highest BCUT2D eigenvalue weighted by atomic mass is 31.2. The van der Waals surface area contributed by atoms with Crippen LogP contribution in [0.25, 0.3) is 0 Å². The fourth-order valence-corrected chi connectivity index (χ4v) is 6.69. The Morgan fingerprint density at radius 2 is 1.07 bits per heavy atom. The fourth-order valence-electron chi connectivity index (χ4n) is 5.53. The zero-order chi connectivity index (χ0) is 44.6. The second-order valence-corrected chi connectivity index (χ2v) is 17.5. The van der Waals surface area contributed by atoms with Crippen molar-refractivity contribution in [3.8, 4) is 0 Å². The van der Waals surface area contributed by atoms with Crippen LogP contribution in [-0.4, -0.2) is 81.6 Å². The number of carbonyl (C=O) groups excluding carboxylic acids is 2. The van der Waals surface area contributed by atoms with Crippen molar-refractivity contribution in [2.24, 2.45) is 0 Å². The van der Waals surface area contributed by atoms with E-state index < -0.39 is 72.3 Å². The maximum absolute atomic E-state index is 12.7. The zero-order valence-corrected chi connectivity index (χ0v) is 38.2. The second kappa shape index (κ2) is 39.6. The van der Waals surface area contributed by atoms with Crippen LogP contribution in [0.15, 0.2) is 60.8 Å². The third kappa shape index (κ3) is 42.5. The third-order valence-electron chi connectivity index (χ3n) is 8.95. The van der Waals surface area contributed by atoms with Gasteiger partial charge in [-0.1, -0.05) is 139 Å². The molecule has 0 radical (unpaired) electrons. The van der Waals surface area contributed by atoms with E-state index in [-0.39, 0.29) is 12.8 Å². The van der Waals surface area contributed by atoms with Crippen molar-refractivity contribution in [2.45, 2.75) is 180 Å². The summed E-state index contributed by atoms with van der Waals surface area (Å²) < 4.78 is 47.7. The summed E-state index contributed by atoms with van der Waals surface area (Å²) in [6.45, 7) is 1.56. The van der Waals surface area contributed by atoms with E-state index >= 15 is 0 Å². The summed E-state index contributed by atoms with van der Waals surface area (Å²) in [5.41, 5.74) is 0. The lowest BCUT2D eigenvalue weighted by atomic mass is 10.1. The van der Waals surface area contributed by atoms with Crippen molar-refractivity contribution in [3.05, 3.63) is 60.8 Å². The molecule has 60 heavy (non-hydrogen) atoms. The van der Waals surface area contributed by atoms with Gasteiger partial charge < -0.3 is 34.4 Å². The molecule has 348 valence electrons. The number of ether oxygens (including phenoxy) is 2. The molecule has 0 bridgehead atoms. The molecular weight excluding hydrogens is 814 g/mol. The highest BCUT2D eigenvalue weighted by Crippen LogP contribution is 2.43. The molecule has 16 heteroatoms. The number of aliphatic hydroxyl groups is 2. The Morgan fingerprint density at radius 3 is 1.75 bits per heavy atom. The van der Waals surface area contributed by atoms with Crippen LogP contribution in [0.1, 0.15) is 162 Å². The van der Waals surface area contributed by atoms with Crippen LogP contribution < -0.4 is 0 Å². The second-order valence-electron chi connectivity index (χ2n) is 14.8. The predicted octanol–water partition coefficient (Wildman–Crippen LogP) is 10.2. The first kappa shape index (κ1) is 57.8. The fraction of sp³-hybridized carbons (Fsp3) is 0.727. The van der Waals surface area contributed by atoms with E-state index in [4.69, 9.17) is 23.8 Å². The van der Waals surface area contributed by atoms with Crippen LogP contribution in [0.5, 0.6) is 0 Å². The minimum atomic E-state index is -4.88. The maximum Gasteiger partial charge on any atom is 0.472 e. The molecule has 0 saturated heterocycles. The molecule has 0 aliphatic rings. The third-order valence-corrected chi connectivity index (χ3v) is 10.4. The summed E-state index contributed by atoms with van der Waals surface area (Å²) in [4.78, 5) is 52.7. The molecule has 0 fully saturated rings. The highest BCUT2D eigenvalue weighted by molar-refractivity contribution is 7.47. The standard InChI is InChI=1S/C44H78O14P2/c1-3-5-7-9-11-12-13-14-15-16-17-18-22-27-31-35-44(48)58-42(39-57-60(52,53)56-37-41(46)36-55-59(49,50)51)38-54-43(47)34-30-26-23-19-21-25-29-33-40(45)32-28-24-20-10-8-6-4-2/h14-15,19-20,23-25,28-29,32,40-42,45-46H,3-13,16-18,21-22,26-27,30-31,33-39H2,1-2H3,(H,52,53)(H2,49,50,51)/b15-14-,23-19+,24-20-,29-25-,32-28-/t40-,41+,42-/m1/s1. The molecule has 0 spiro atoms. The lowest BCUT2D eigenvalue weighted by molar-refractivity contribution is -0.161. The summed E-state index contributed by atoms with van der Waals surface area (Å²) in [5.74, 6) is -1.15. The monoisotopic (exact) mass is 892 g/mol. The summed E-state index contributed by atoms with van der Waals surface area (Å²) in [6, 6.07) is 0. The Bertz CT molecular complexity index is 1310. The van der Waals surface area contributed by atoms with E-state index in [1.807, 2.05) is 36.5 Å². The minimum absolute atomic E-state index is 0.0817. The van der Waals surface area contributed by atoms with Crippen LogP contribution in [-0.2, 0) is 41.8 Å². The molecule has 0 heterocycles. The minimum Gasteiger partial charge on any atom is -0.462 e. The Balaban J connectivity index is 4.68. The molecule has 0 aromatic rings. The normalized spacial score (nSPS) is 15.1. The van der Waals surface area contributed by atoms with Crippen molar-refractivity contribution in [1.82, 2.24) is 0 Å². The molecule has 0 rings (SSSR count). The number of phosphoric acid groups is 2. The molecule has 0 aliphatic heterocycles. The number of carbonyl (C=O) groups is 2. The van der Waals surface area contributed by atoms with Crippen molar-refractivity contribution in [2.75, 3.05) is 26.4 Å². The van der Waals surface area contributed by atoms with Gasteiger partial charge in [0.1, 0.15) is 12.7 Å². The van der Waals surface area contributed by atoms with Gasteiger partial charge in [0.15, 0.2) is 6.10 Å². The number of rotatable bonds is 41. The highest BCUT2D eigenvalue weighted by Gasteiger charge is 2.28. The van der Waals surface area contributed by atoms with Crippen LogP contribution >= 0.6 is 15.6 Å². The van der Waals surface area contributed by atoms with Gasteiger partial charge in [-0.05, 0) is 70.6 Å². The molecule has 0 saturated carbocycles. The summed E-state index contributed by atoms with van der Waals surface area (Å²) in [7, 11) is -9.71. The number of allylic oxidation sites excluding steroid dienone is 8. The van der Waals surface area contributed by atoms with Crippen molar-refractivity contribution < 1.29 is 66.7 Å². The maximum atomic E-state index is 12.7. The first-order valence-corrected chi connectivity index (χ1v) is 25.1. The summed E-state index contributed by atoms with van der Waals surface area (Å²) in [6.07, 6.45) is 38.1. The van der Waals surface area contributed by atoms with Gasteiger partial charge in [0.2, 0.25) is 0 Å². The Kier molecular flexibility index (Phi) is 38.1. The van der Waals surface area contributed by atoms with E-state index in [2.05, 4.69) is 41.1 Å². The summed E-state index contributed by atoms with van der Waals surface area (Å²) >= 11 is 0. The van der Waals surface area contributed by atoms with E-state index in [0.29, 0.717) is 32.1 Å². The molecule has 14 nitrogen and oxygen atoms in total. The van der Waals surface area contributed by atoms with Gasteiger partial charge in [-0.2, -0.15) is 0 Å². The molecule has 5 N–H and O–H groups in total. The quantitative estimate of drug-likeness (QED) is 0.0127. The number of hydrogen-bond donors (Lipinski definition) is 5. The summed E-state index contributed by atoms with van der Waals surface area (Å²) in [5, 5.41) is 19.8. The van der Waals surface area contributed by atoms with Gasteiger partial charge in [0.05, 0.1) is 25.9 Å². The Labute approximate surface area is 360 Å². The van der Waals surface area contributed by atoms with Crippen LogP contribution in [0.4, 0.5) is 0 Å². The zero-order valence-electron chi connectivity index (χ0n) is 36.4. The van der Waals surface area contributed by atoms with Gasteiger partial charge in [-0.25, -0.2) is 9.13 Å². The first-order chi connectivity index (χ1) is 28.8. The van der Waals surface area contributed by atoms with E-state index in [1.54, 1.807) is 6.08 Å². The number of aliphatic hydroxyl groups excluding tert-OH is 2. The van der Waals surface area contributed by atoms with Gasteiger partial charge in [0, 0.05) is 12.8 Å². The molecular formula is C44H78O14P2. The molecule has 0 aromatic heterocycles. The van der Waals surface area contributed by atoms with E-state index in [1.165, 1.54) is 57.8 Å². The van der Waals surface area contributed by atoms with E-state index in [0.717, 1.165) is 44.9 Å². The average Bonchev–Trinajstić information content (AvgIpc) is 3.20. The van der Waals surface area contributed by atoms with Crippen LogP contribution in [0.3, 0.4) is 0 Å². The lowest BCUT2D eigenvalue weighted by Gasteiger charge is -2.20. The van der Waals surface area contributed by atoms with Crippen molar-refractivity contribution in [1.29, 1.82) is 0 Å². The molecule has 0 amide bonds. The number of phosphoric ester groups is 2. The van der Waals surface area contributed by atoms with Gasteiger partial charge in [-0.3, -0.25) is 23.2 Å². The Morgan fingerprint density at radius 1 is 0.550 bits per heavy atom. The molecule has 4 atom stereocenters. The molecule has 0 aromatic carbocycles. The molecule has 1 unspecified atom stereocenters. The lowest BCUT2D eigenvalue weighted by Crippen LogP contribution is -2.30. The van der Waals surface area contributed by atoms with Gasteiger partial charge >= 0.3 is 27.6 Å². The number of unbranched alkanes of at least 4 members (excludes halogenated alkanes) is 15. The smallest absolute Gasteiger partial charge is 0.462 e. The number of hydrogen-bond acceptors (Lipinski definition) is 11. The number of esters is 2. The topological polar surface area (TPSA) is 216 Å². The largest absolute Gasteiger partial charge is 0.472 e. The van der Waals surface area contributed by atoms with Gasteiger partial charge in [0.25, 0.3) is 0 Å². The predicted molar refractivity (Wildman–Crippen MR) is 236 cm³/mol. The van der Waals surface area contributed by atoms with Crippen molar-refractivity contribution in [3.63, 3.8) is 0 Å². The molecule has 0 aliphatic carbocycles. The van der Waals surface area contributed by atoms with Crippen LogP contribution in [0.2, 0.25) is 0 Å². The van der Waals surface area contributed by atoms with Crippen molar-refractivity contribution >= 4 is 27.6 Å². The van der Waals surface area contributed by atoms with E-state index in [9.17, 15) is 33.8 Å². The SMILES string of the molecule is CCCCC/C=C\C=C/[C@@H](O)C/C=C\C/C=C/CCCC(=O)OC[C@H](COP(=O)(O)OC[C@@H](O)COP(=O)(O)O)OC(=O)CCCCCCC/C=C\CCCCCCCC. The van der Waals surface area contributed by atoms with Gasteiger partial charge in [-0.15, -0.1) is 0 Å².